The molecule has 0 aliphatic heterocycles. The van der Waals surface area contributed by atoms with E-state index in [4.69, 9.17) is 16.3 Å². The number of fused-ring (bicyclic) bond motifs is 1. The van der Waals surface area contributed by atoms with Gasteiger partial charge in [0.15, 0.2) is 0 Å². The number of ether oxygens (including phenoxy) is 1. The summed E-state index contributed by atoms with van der Waals surface area (Å²) >= 11 is 6.08. The number of anilines is 1. The van der Waals surface area contributed by atoms with Crippen molar-refractivity contribution in [1.29, 1.82) is 0 Å². The van der Waals surface area contributed by atoms with Crippen molar-refractivity contribution < 1.29 is 26.3 Å². The minimum absolute atomic E-state index is 0.0831. The molecule has 0 saturated heterocycles. The Bertz CT molecular complexity index is 1460. The molecule has 3 aromatic heterocycles. The second kappa shape index (κ2) is 8.72. The number of pyridine rings is 1. The number of hydrogen-bond donors (Lipinski definition) is 1. The molecule has 1 unspecified atom stereocenters. The molecular formula is C20H16ClF3N6O3S. The van der Waals surface area contributed by atoms with Crippen LogP contribution in [0.15, 0.2) is 53.7 Å². The smallest absolute Gasteiger partial charge is 0.429 e. The highest BCUT2D eigenvalue weighted by Gasteiger charge is 2.44. The van der Waals surface area contributed by atoms with E-state index in [1.54, 1.807) is 12.1 Å². The molecule has 1 aromatic carbocycles. The standard InChI is InChI=1S/C20H16ClF3N6O3S/c1-11-15(17(21)30(2)28-11)34(31,32)29-18-19(27-14-8-4-3-7-13(14)26-18)33-16(20(22,23)24)12-6-5-9-25-10-12/h3-10,16H,1-2H3,(H,26,29). The normalized spacial score (nSPS) is 13.1. The topological polar surface area (TPSA) is 112 Å². The zero-order chi connectivity index (χ0) is 24.7. The molecular weight excluding hydrogens is 497 g/mol. The lowest BCUT2D eigenvalue weighted by Gasteiger charge is -2.22. The molecule has 0 saturated carbocycles. The molecule has 1 N–H and O–H groups in total. The third-order valence-electron chi connectivity index (χ3n) is 4.65. The average molecular weight is 513 g/mol. The van der Waals surface area contributed by atoms with Gasteiger partial charge in [0.2, 0.25) is 11.9 Å². The van der Waals surface area contributed by atoms with Crippen LogP contribution in [0.5, 0.6) is 5.88 Å². The van der Waals surface area contributed by atoms with E-state index in [0.717, 1.165) is 10.9 Å². The number of nitrogens with one attached hydrogen (secondary N) is 1. The highest BCUT2D eigenvalue weighted by atomic mass is 35.5. The first-order valence-electron chi connectivity index (χ1n) is 9.59. The van der Waals surface area contributed by atoms with Crippen LogP contribution in [0.25, 0.3) is 11.0 Å². The Morgan fingerprint density at radius 1 is 1.12 bits per heavy atom. The zero-order valence-electron chi connectivity index (χ0n) is 17.6. The van der Waals surface area contributed by atoms with Gasteiger partial charge in [-0.2, -0.15) is 18.3 Å². The van der Waals surface area contributed by atoms with Gasteiger partial charge >= 0.3 is 6.18 Å². The van der Waals surface area contributed by atoms with Gasteiger partial charge in [-0.1, -0.05) is 29.8 Å². The lowest BCUT2D eigenvalue weighted by Crippen LogP contribution is -2.27. The van der Waals surface area contributed by atoms with Crippen LogP contribution in [0.2, 0.25) is 5.15 Å². The molecule has 0 bridgehead atoms. The summed E-state index contributed by atoms with van der Waals surface area (Å²) in [6.45, 7) is 1.42. The molecule has 0 aliphatic rings. The minimum Gasteiger partial charge on any atom is -0.457 e. The van der Waals surface area contributed by atoms with Gasteiger partial charge in [-0.05, 0) is 25.1 Å². The maximum Gasteiger partial charge on any atom is 0.429 e. The van der Waals surface area contributed by atoms with Gasteiger partial charge in [0.1, 0.15) is 10.0 Å². The fourth-order valence-electron chi connectivity index (χ4n) is 3.19. The lowest BCUT2D eigenvalue weighted by atomic mass is 10.1. The Kier molecular flexibility index (Phi) is 6.08. The van der Waals surface area contributed by atoms with Crippen molar-refractivity contribution in [2.45, 2.75) is 24.1 Å². The molecule has 34 heavy (non-hydrogen) atoms. The van der Waals surface area contributed by atoms with Crippen LogP contribution in [0, 0.1) is 6.92 Å². The molecule has 4 rings (SSSR count). The first-order valence-corrected chi connectivity index (χ1v) is 11.5. The molecule has 178 valence electrons. The quantitative estimate of drug-likeness (QED) is 0.412. The number of halogens is 4. The Morgan fingerprint density at radius 2 is 1.79 bits per heavy atom. The van der Waals surface area contributed by atoms with Gasteiger partial charge in [0.05, 0.1) is 16.7 Å². The molecule has 9 nitrogen and oxygen atoms in total. The molecule has 14 heteroatoms. The molecule has 0 radical (unpaired) electrons. The third-order valence-corrected chi connectivity index (χ3v) is 6.69. The minimum atomic E-state index is -4.87. The maximum absolute atomic E-state index is 13.9. The molecule has 0 amide bonds. The first-order chi connectivity index (χ1) is 16.0. The summed E-state index contributed by atoms with van der Waals surface area (Å²) in [5.41, 5.74) is 0.208. The van der Waals surface area contributed by atoms with E-state index in [2.05, 4.69) is 24.8 Å². The van der Waals surface area contributed by atoms with E-state index >= 15 is 0 Å². The van der Waals surface area contributed by atoms with Crippen LogP contribution < -0.4 is 9.46 Å². The van der Waals surface area contributed by atoms with Crippen molar-refractivity contribution >= 4 is 38.5 Å². The van der Waals surface area contributed by atoms with Crippen LogP contribution in [-0.4, -0.2) is 39.3 Å². The summed E-state index contributed by atoms with van der Waals surface area (Å²) in [6.07, 6.45) is -5.04. The van der Waals surface area contributed by atoms with Gasteiger partial charge < -0.3 is 4.74 Å². The van der Waals surface area contributed by atoms with Gasteiger partial charge in [-0.25, -0.2) is 18.4 Å². The summed E-state index contributed by atoms with van der Waals surface area (Å²) in [6, 6.07) is 8.75. The molecule has 4 aromatic rings. The molecule has 1 atom stereocenters. The van der Waals surface area contributed by atoms with E-state index in [9.17, 15) is 21.6 Å². The molecule has 3 heterocycles. The van der Waals surface area contributed by atoms with Gasteiger partial charge in [0, 0.05) is 25.0 Å². The highest BCUT2D eigenvalue weighted by Crippen LogP contribution is 2.39. The van der Waals surface area contributed by atoms with Crippen LogP contribution >= 0.6 is 11.6 Å². The van der Waals surface area contributed by atoms with Crippen molar-refractivity contribution in [2.75, 3.05) is 4.72 Å². The van der Waals surface area contributed by atoms with Crippen molar-refractivity contribution in [3.8, 4) is 5.88 Å². The fraction of sp³-hybridized carbons (Fsp3) is 0.200. The Morgan fingerprint density at radius 3 is 2.35 bits per heavy atom. The predicted molar refractivity (Wildman–Crippen MR) is 117 cm³/mol. The van der Waals surface area contributed by atoms with Crippen LogP contribution in [0.1, 0.15) is 17.4 Å². The van der Waals surface area contributed by atoms with Crippen LogP contribution in [-0.2, 0) is 17.1 Å². The van der Waals surface area contributed by atoms with E-state index in [0.29, 0.717) is 0 Å². The Balaban J connectivity index is 1.84. The SMILES string of the molecule is Cc1nn(C)c(Cl)c1S(=O)(=O)Nc1nc2ccccc2nc1OC(c1cccnc1)C(F)(F)F. The second-order valence-corrected chi connectivity index (χ2v) is 9.10. The van der Waals surface area contributed by atoms with E-state index < -0.39 is 34.0 Å². The number of para-hydroxylation sites is 2. The number of rotatable bonds is 6. The van der Waals surface area contributed by atoms with E-state index in [1.807, 2.05) is 0 Å². The fourth-order valence-corrected chi connectivity index (χ4v) is 4.95. The maximum atomic E-state index is 13.9. The largest absolute Gasteiger partial charge is 0.457 e. The molecule has 0 aliphatic carbocycles. The summed E-state index contributed by atoms with van der Waals surface area (Å²) < 4.78 is 76.4. The predicted octanol–water partition coefficient (Wildman–Crippen LogP) is 4.20. The van der Waals surface area contributed by atoms with Crippen molar-refractivity contribution in [3.05, 3.63) is 65.2 Å². The Labute approximate surface area is 196 Å². The van der Waals surface area contributed by atoms with Crippen LogP contribution in [0.3, 0.4) is 0 Å². The number of aromatic nitrogens is 5. The average Bonchev–Trinajstić information content (AvgIpc) is 3.03. The summed E-state index contributed by atoms with van der Waals surface area (Å²) in [4.78, 5) is 11.6. The molecule has 0 fully saturated rings. The van der Waals surface area contributed by atoms with Gasteiger partial charge in [-0.3, -0.25) is 14.4 Å². The number of aryl methyl sites for hydroxylation is 2. The summed E-state index contributed by atoms with van der Waals surface area (Å²) in [5, 5.41) is 3.76. The van der Waals surface area contributed by atoms with Gasteiger partial charge in [0.25, 0.3) is 15.9 Å². The highest BCUT2D eigenvalue weighted by molar-refractivity contribution is 7.92. The van der Waals surface area contributed by atoms with E-state index in [-0.39, 0.29) is 32.3 Å². The monoisotopic (exact) mass is 512 g/mol. The van der Waals surface area contributed by atoms with Crippen molar-refractivity contribution in [1.82, 2.24) is 24.7 Å². The number of benzene rings is 1. The number of nitrogens with zero attached hydrogens (tertiary/aromatic N) is 5. The van der Waals surface area contributed by atoms with Gasteiger partial charge in [-0.15, -0.1) is 0 Å². The first kappa shape index (κ1) is 23.7. The molecule has 0 spiro atoms. The zero-order valence-corrected chi connectivity index (χ0v) is 19.1. The number of alkyl halides is 3. The van der Waals surface area contributed by atoms with Crippen molar-refractivity contribution in [3.63, 3.8) is 0 Å². The van der Waals surface area contributed by atoms with Crippen LogP contribution in [0.4, 0.5) is 19.0 Å². The number of sulfonamides is 1. The Hall–Kier alpha value is -3.45. The number of hydrogen-bond acceptors (Lipinski definition) is 7. The van der Waals surface area contributed by atoms with E-state index in [1.165, 1.54) is 44.4 Å². The lowest BCUT2D eigenvalue weighted by molar-refractivity contribution is -0.198. The second-order valence-electron chi connectivity index (χ2n) is 7.13. The summed E-state index contributed by atoms with van der Waals surface area (Å²) in [5.74, 6) is -1.22. The third kappa shape index (κ3) is 4.61. The summed E-state index contributed by atoms with van der Waals surface area (Å²) in [7, 11) is -2.98. The van der Waals surface area contributed by atoms with Crippen molar-refractivity contribution in [2.24, 2.45) is 7.05 Å².